The van der Waals surface area contributed by atoms with Crippen LogP contribution in [-0.4, -0.2) is 46.9 Å². The van der Waals surface area contributed by atoms with E-state index in [1.807, 2.05) is 6.92 Å². The molecule has 0 unspecified atom stereocenters. The van der Waals surface area contributed by atoms with E-state index in [0.717, 1.165) is 12.1 Å². The molecule has 8 nitrogen and oxygen atoms in total. The summed E-state index contributed by atoms with van der Waals surface area (Å²) in [7, 11) is 1.64. The molecule has 0 aromatic heterocycles. The fourth-order valence-electron chi connectivity index (χ4n) is 1.47. The Morgan fingerprint density at radius 2 is 2.10 bits per heavy atom. The molecule has 0 spiro atoms. The quantitative estimate of drug-likeness (QED) is 0.598. The van der Waals surface area contributed by atoms with Gasteiger partial charge in [0.15, 0.2) is 0 Å². The van der Waals surface area contributed by atoms with Crippen LogP contribution in [0.1, 0.15) is 17.3 Å². The zero-order valence-electron chi connectivity index (χ0n) is 11.1. The Bertz CT molecular complexity index is 544. The van der Waals surface area contributed by atoms with Gasteiger partial charge in [-0.3, -0.25) is 14.9 Å². The molecule has 8 heteroatoms. The summed E-state index contributed by atoms with van der Waals surface area (Å²) in [5.74, 6) is -1.56. The van der Waals surface area contributed by atoms with Crippen LogP contribution in [0.2, 0.25) is 0 Å². The highest BCUT2D eigenvalue weighted by Gasteiger charge is 2.20. The maximum atomic E-state index is 11.6. The topological polar surface area (TPSA) is 113 Å². The summed E-state index contributed by atoms with van der Waals surface area (Å²) in [6, 6.07) is 3.60. The Morgan fingerprint density at radius 3 is 2.60 bits per heavy atom. The molecule has 0 atom stereocenters. The summed E-state index contributed by atoms with van der Waals surface area (Å²) >= 11 is 0. The molecule has 108 valence electrons. The van der Waals surface area contributed by atoms with Crippen molar-refractivity contribution in [2.24, 2.45) is 0 Å². The van der Waals surface area contributed by atoms with Gasteiger partial charge in [0.05, 0.1) is 11.5 Å². The van der Waals surface area contributed by atoms with Gasteiger partial charge in [-0.05, 0) is 19.1 Å². The van der Waals surface area contributed by atoms with Crippen molar-refractivity contribution in [1.29, 1.82) is 0 Å². The SMILES string of the molecule is CCN(C)C(=O)CNc1ccc([N+](=O)[O-])c(C(=O)O)c1. The average molecular weight is 281 g/mol. The first-order chi connectivity index (χ1) is 9.36. The predicted molar refractivity (Wildman–Crippen MR) is 71.9 cm³/mol. The monoisotopic (exact) mass is 281 g/mol. The van der Waals surface area contributed by atoms with Crippen LogP contribution < -0.4 is 5.32 Å². The van der Waals surface area contributed by atoms with Crippen LogP contribution in [0.4, 0.5) is 11.4 Å². The number of nitrogens with one attached hydrogen (secondary N) is 1. The Balaban J connectivity index is 2.88. The van der Waals surface area contributed by atoms with E-state index in [0.29, 0.717) is 12.2 Å². The van der Waals surface area contributed by atoms with Crippen LogP contribution >= 0.6 is 0 Å². The van der Waals surface area contributed by atoms with Gasteiger partial charge in [0, 0.05) is 25.3 Å². The van der Waals surface area contributed by atoms with Gasteiger partial charge in [-0.25, -0.2) is 4.79 Å². The van der Waals surface area contributed by atoms with E-state index in [4.69, 9.17) is 5.11 Å². The van der Waals surface area contributed by atoms with Crippen molar-refractivity contribution in [2.75, 3.05) is 25.5 Å². The van der Waals surface area contributed by atoms with Gasteiger partial charge in [0.25, 0.3) is 5.69 Å². The number of nitro benzene ring substituents is 1. The smallest absolute Gasteiger partial charge is 0.342 e. The van der Waals surface area contributed by atoms with Crippen LogP contribution in [0.5, 0.6) is 0 Å². The molecule has 0 saturated carbocycles. The molecule has 1 rings (SSSR count). The Labute approximate surface area is 115 Å². The van der Waals surface area contributed by atoms with Crippen molar-refractivity contribution in [3.05, 3.63) is 33.9 Å². The largest absolute Gasteiger partial charge is 0.477 e. The fraction of sp³-hybridized carbons (Fsp3) is 0.333. The standard InChI is InChI=1S/C12H15N3O5/c1-3-14(2)11(16)7-13-8-4-5-10(15(19)20)9(6-8)12(17)18/h4-6,13H,3,7H2,1-2H3,(H,17,18). The van der Waals surface area contributed by atoms with Gasteiger partial charge in [-0.1, -0.05) is 0 Å². The van der Waals surface area contributed by atoms with Gasteiger partial charge >= 0.3 is 5.97 Å². The molecule has 1 amide bonds. The third kappa shape index (κ3) is 3.67. The number of aromatic carboxylic acids is 1. The third-order valence-corrected chi connectivity index (χ3v) is 2.77. The number of carboxylic acids is 1. The van der Waals surface area contributed by atoms with E-state index < -0.39 is 22.1 Å². The molecular weight excluding hydrogens is 266 g/mol. The third-order valence-electron chi connectivity index (χ3n) is 2.77. The predicted octanol–water partition coefficient (Wildman–Crippen LogP) is 1.18. The number of amides is 1. The molecule has 1 aromatic rings. The highest BCUT2D eigenvalue weighted by Crippen LogP contribution is 2.22. The first kappa shape index (κ1) is 15.4. The second-order valence-electron chi connectivity index (χ2n) is 4.06. The minimum atomic E-state index is -1.39. The molecule has 0 aliphatic carbocycles. The van der Waals surface area contributed by atoms with Crippen molar-refractivity contribution in [1.82, 2.24) is 4.90 Å². The van der Waals surface area contributed by atoms with E-state index in [-0.39, 0.29) is 12.5 Å². The fourth-order valence-corrected chi connectivity index (χ4v) is 1.47. The highest BCUT2D eigenvalue weighted by atomic mass is 16.6. The van der Waals surface area contributed by atoms with Crippen molar-refractivity contribution >= 4 is 23.3 Å². The van der Waals surface area contributed by atoms with Gasteiger partial charge in [0.1, 0.15) is 5.56 Å². The maximum Gasteiger partial charge on any atom is 0.342 e. The molecule has 20 heavy (non-hydrogen) atoms. The van der Waals surface area contributed by atoms with Crippen molar-refractivity contribution in [3.8, 4) is 0 Å². The summed E-state index contributed by atoms with van der Waals surface area (Å²) in [4.78, 5) is 34.0. The van der Waals surface area contributed by atoms with Gasteiger partial charge in [-0.2, -0.15) is 0 Å². The minimum Gasteiger partial charge on any atom is -0.477 e. The zero-order chi connectivity index (χ0) is 15.3. The number of hydrogen-bond donors (Lipinski definition) is 2. The van der Waals surface area contributed by atoms with Gasteiger partial charge < -0.3 is 15.3 Å². The zero-order valence-corrected chi connectivity index (χ0v) is 11.1. The van der Waals surface area contributed by atoms with Crippen LogP contribution in [0.15, 0.2) is 18.2 Å². The van der Waals surface area contributed by atoms with E-state index in [1.165, 1.54) is 11.0 Å². The molecule has 0 fully saturated rings. The number of carbonyl (C=O) groups is 2. The summed E-state index contributed by atoms with van der Waals surface area (Å²) < 4.78 is 0. The van der Waals surface area contributed by atoms with Gasteiger partial charge in [0.2, 0.25) is 5.91 Å². The first-order valence-corrected chi connectivity index (χ1v) is 5.86. The second kappa shape index (κ2) is 6.50. The van der Waals surface area contributed by atoms with E-state index in [2.05, 4.69) is 5.32 Å². The number of carboxylic acid groups (broad SMARTS) is 1. The summed E-state index contributed by atoms with van der Waals surface area (Å²) in [5, 5.41) is 22.4. The molecule has 2 N–H and O–H groups in total. The Hall–Kier alpha value is -2.64. The van der Waals surface area contributed by atoms with Gasteiger partial charge in [-0.15, -0.1) is 0 Å². The molecule has 0 heterocycles. The summed E-state index contributed by atoms with van der Waals surface area (Å²) in [6.07, 6.45) is 0. The molecule has 1 aromatic carbocycles. The van der Waals surface area contributed by atoms with Crippen LogP contribution in [0.3, 0.4) is 0 Å². The normalized spacial score (nSPS) is 9.90. The number of nitrogens with zero attached hydrogens (tertiary/aromatic N) is 2. The molecule has 0 aliphatic rings. The molecule has 0 bridgehead atoms. The van der Waals surface area contributed by atoms with E-state index in [1.54, 1.807) is 7.05 Å². The lowest BCUT2D eigenvalue weighted by Crippen LogP contribution is -2.31. The highest BCUT2D eigenvalue weighted by molar-refractivity contribution is 5.93. The number of carbonyl (C=O) groups excluding carboxylic acids is 1. The summed E-state index contributed by atoms with van der Waals surface area (Å²) in [5.41, 5.74) is -0.567. The number of hydrogen-bond acceptors (Lipinski definition) is 5. The number of rotatable bonds is 6. The van der Waals surface area contributed by atoms with E-state index >= 15 is 0 Å². The van der Waals surface area contributed by atoms with Crippen molar-refractivity contribution < 1.29 is 19.6 Å². The minimum absolute atomic E-state index is 0.0127. The van der Waals surface area contributed by atoms with Crippen molar-refractivity contribution in [2.45, 2.75) is 6.92 Å². The molecule has 0 saturated heterocycles. The van der Waals surface area contributed by atoms with E-state index in [9.17, 15) is 19.7 Å². The number of likely N-dealkylation sites (N-methyl/N-ethyl adjacent to an activating group) is 1. The average Bonchev–Trinajstić information content (AvgIpc) is 2.43. The lowest BCUT2D eigenvalue weighted by Gasteiger charge is -2.15. The molecule has 0 radical (unpaired) electrons. The first-order valence-electron chi connectivity index (χ1n) is 5.86. The lowest BCUT2D eigenvalue weighted by atomic mass is 10.1. The van der Waals surface area contributed by atoms with Crippen LogP contribution in [-0.2, 0) is 4.79 Å². The summed E-state index contributed by atoms with van der Waals surface area (Å²) in [6.45, 7) is 2.37. The second-order valence-corrected chi connectivity index (χ2v) is 4.06. The molecular formula is C12H15N3O5. The number of nitro groups is 1. The number of anilines is 1. The lowest BCUT2D eigenvalue weighted by molar-refractivity contribution is -0.385. The van der Waals surface area contributed by atoms with Crippen LogP contribution in [0, 0.1) is 10.1 Å². The number of benzene rings is 1. The van der Waals surface area contributed by atoms with Crippen molar-refractivity contribution in [3.63, 3.8) is 0 Å². The maximum absolute atomic E-state index is 11.6. The Kier molecular flexibility index (Phi) is 5.01. The Morgan fingerprint density at radius 1 is 1.45 bits per heavy atom. The van der Waals surface area contributed by atoms with Crippen LogP contribution in [0.25, 0.3) is 0 Å². The molecule has 0 aliphatic heterocycles.